The number of nitrogens with two attached hydrogens (primary N) is 1. The van der Waals surface area contributed by atoms with Crippen molar-refractivity contribution < 1.29 is 19.4 Å². The molecule has 7 heteroatoms. The van der Waals surface area contributed by atoms with Gasteiger partial charge in [0.25, 0.3) is 5.91 Å². The minimum absolute atomic E-state index is 0.000808. The second kappa shape index (κ2) is 10.8. The van der Waals surface area contributed by atoms with Gasteiger partial charge < -0.3 is 15.2 Å². The molecule has 146 valence electrons. The monoisotopic (exact) mass is 381 g/mol. The van der Waals surface area contributed by atoms with E-state index in [-0.39, 0.29) is 31.6 Å². The molecule has 0 bridgehead atoms. The number of ether oxygens (including phenoxy) is 1. The summed E-state index contributed by atoms with van der Waals surface area (Å²) in [7, 11) is 0. The summed E-state index contributed by atoms with van der Waals surface area (Å²) in [5.74, 6) is -0.915. The van der Waals surface area contributed by atoms with Gasteiger partial charge >= 0.3 is 0 Å². The zero-order chi connectivity index (χ0) is 20.4. The van der Waals surface area contributed by atoms with E-state index in [1.807, 2.05) is 36.4 Å². The summed E-state index contributed by atoms with van der Waals surface area (Å²) >= 11 is 0. The number of hydrogen-bond donors (Lipinski definition) is 3. The van der Waals surface area contributed by atoms with E-state index in [1.54, 1.807) is 24.3 Å². The van der Waals surface area contributed by atoms with E-state index < -0.39 is 24.0 Å². The van der Waals surface area contributed by atoms with Gasteiger partial charge in [-0.3, -0.25) is 15.3 Å². The Morgan fingerprint density at radius 3 is 2.54 bits per heavy atom. The number of amides is 1. The molecule has 0 aliphatic carbocycles. The van der Waals surface area contributed by atoms with Gasteiger partial charge in [-0.2, -0.15) is 5.26 Å². The molecule has 2 atom stereocenters. The topological polar surface area (TPSA) is 125 Å². The van der Waals surface area contributed by atoms with Crippen molar-refractivity contribution in [1.29, 1.82) is 5.26 Å². The maximum Gasteiger partial charge on any atom is 0.287 e. The van der Waals surface area contributed by atoms with Crippen LogP contribution < -0.4 is 15.8 Å². The second-order valence-corrected chi connectivity index (χ2v) is 6.24. The van der Waals surface area contributed by atoms with Gasteiger partial charge in [0.15, 0.2) is 6.23 Å². The molecule has 0 aliphatic heterocycles. The first kappa shape index (κ1) is 21.1. The number of benzene rings is 2. The summed E-state index contributed by atoms with van der Waals surface area (Å²) in [5, 5.41) is 21.7. The van der Waals surface area contributed by atoms with E-state index in [0.29, 0.717) is 5.56 Å². The Kier molecular flexibility index (Phi) is 8.15. The molecule has 0 aromatic heterocycles. The quantitative estimate of drug-likeness (QED) is 0.424. The van der Waals surface area contributed by atoms with Gasteiger partial charge in [-0.05, 0) is 30.5 Å². The van der Waals surface area contributed by atoms with E-state index in [1.165, 1.54) is 0 Å². The lowest BCUT2D eigenvalue weighted by Crippen LogP contribution is -2.40. The number of nitrogens with one attached hydrogen (secondary N) is 1. The maximum atomic E-state index is 11.9. The highest BCUT2D eigenvalue weighted by molar-refractivity contribution is 6.36. The van der Waals surface area contributed by atoms with Crippen LogP contribution in [0.3, 0.4) is 0 Å². The van der Waals surface area contributed by atoms with E-state index in [0.717, 1.165) is 5.56 Å². The number of nitriles is 1. The van der Waals surface area contributed by atoms with Crippen LogP contribution in [0.5, 0.6) is 5.75 Å². The molecule has 0 radical (unpaired) electrons. The summed E-state index contributed by atoms with van der Waals surface area (Å²) in [6.07, 6.45) is -1.61. The number of rotatable bonds is 10. The van der Waals surface area contributed by atoms with Crippen LogP contribution in [-0.4, -0.2) is 29.1 Å². The number of nitrogens with zero attached hydrogens (tertiary/aromatic N) is 1. The van der Waals surface area contributed by atoms with Crippen molar-refractivity contribution in [2.24, 2.45) is 5.73 Å². The van der Waals surface area contributed by atoms with E-state index in [2.05, 4.69) is 5.32 Å². The van der Waals surface area contributed by atoms with Crippen LogP contribution in [0.25, 0.3) is 0 Å². The average Bonchev–Trinajstić information content (AvgIpc) is 2.72. The molecular formula is C21H23N3O4. The van der Waals surface area contributed by atoms with Crippen molar-refractivity contribution >= 4 is 11.7 Å². The molecule has 0 fully saturated rings. The first-order chi connectivity index (χ1) is 13.5. The smallest absolute Gasteiger partial charge is 0.287 e. The molecular weight excluding hydrogens is 358 g/mol. The summed E-state index contributed by atoms with van der Waals surface area (Å²) in [6.45, 7) is 0.283. The molecule has 0 spiro atoms. The molecule has 4 N–H and O–H groups in total. The molecule has 2 unspecified atom stereocenters. The fourth-order valence-electron chi connectivity index (χ4n) is 2.51. The predicted molar refractivity (Wildman–Crippen MR) is 103 cm³/mol. The number of para-hydroxylation sites is 1. The molecule has 0 aliphatic rings. The lowest BCUT2D eigenvalue weighted by atomic mass is 10.1. The van der Waals surface area contributed by atoms with E-state index >= 15 is 0 Å². The lowest BCUT2D eigenvalue weighted by Gasteiger charge is -2.20. The Morgan fingerprint density at radius 2 is 1.82 bits per heavy atom. The number of carbonyl (C=O) groups is 2. The Balaban J connectivity index is 1.71. The largest absolute Gasteiger partial charge is 0.471 e. The van der Waals surface area contributed by atoms with Gasteiger partial charge in [-0.25, -0.2) is 0 Å². The van der Waals surface area contributed by atoms with Gasteiger partial charge in [0.1, 0.15) is 17.9 Å². The van der Waals surface area contributed by atoms with Gasteiger partial charge in [-0.1, -0.05) is 42.5 Å². The van der Waals surface area contributed by atoms with Crippen LogP contribution in [0, 0.1) is 11.3 Å². The Bertz CT molecular complexity index is 833. The zero-order valence-electron chi connectivity index (χ0n) is 15.4. The number of carbonyl (C=O) groups excluding carboxylic acids is 2. The standard InChI is InChI=1S/C21H23N3O4/c22-13-16-9-4-5-12-19(16)28-20(23)17(25)10-6-11-18(26)21(27)24-14-15-7-2-1-3-8-15/h1-5,7-9,12,17,20,25H,6,10-11,14,23H2,(H,24,27). The minimum Gasteiger partial charge on any atom is -0.471 e. The zero-order valence-corrected chi connectivity index (χ0v) is 15.4. The minimum atomic E-state index is -1.04. The molecule has 0 heterocycles. The average molecular weight is 381 g/mol. The molecule has 2 aromatic rings. The van der Waals surface area contributed by atoms with Crippen LogP contribution in [-0.2, 0) is 16.1 Å². The van der Waals surface area contributed by atoms with Crippen molar-refractivity contribution in [2.75, 3.05) is 0 Å². The molecule has 7 nitrogen and oxygen atoms in total. The van der Waals surface area contributed by atoms with Gasteiger partial charge in [0.2, 0.25) is 5.78 Å². The van der Waals surface area contributed by atoms with Crippen LogP contribution in [0.2, 0.25) is 0 Å². The Hall–Kier alpha value is -3.21. The highest BCUT2D eigenvalue weighted by Gasteiger charge is 2.19. The molecule has 28 heavy (non-hydrogen) atoms. The van der Waals surface area contributed by atoms with Crippen LogP contribution in [0.15, 0.2) is 54.6 Å². The van der Waals surface area contributed by atoms with Crippen molar-refractivity contribution in [1.82, 2.24) is 5.32 Å². The van der Waals surface area contributed by atoms with Gasteiger partial charge in [-0.15, -0.1) is 0 Å². The van der Waals surface area contributed by atoms with Gasteiger partial charge in [0, 0.05) is 13.0 Å². The summed E-state index contributed by atoms with van der Waals surface area (Å²) in [4.78, 5) is 23.7. The van der Waals surface area contributed by atoms with Crippen molar-refractivity contribution in [2.45, 2.75) is 38.1 Å². The first-order valence-electron chi connectivity index (χ1n) is 8.95. The number of ketones is 1. The number of aliphatic hydroxyl groups excluding tert-OH is 1. The third kappa shape index (κ3) is 6.50. The normalized spacial score (nSPS) is 12.5. The molecule has 0 saturated carbocycles. The molecule has 2 aromatic carbocycles. The van der Waals surface area contributed by atoms with E-state index in [4.69, 9.17) is 15.7 Å². The first-order valence-corrected chi connectivity index (χ1v) is 8.95. The second-order valence-electron chi connectivity index (χ2n) is 6.24. The lowest BCUT2D eigenvalue weighted by molar-refractivity contribution is -0.138. The van der Waals surface area contributed by atoms with Crippen LogP contribution >= 0.6 is 0 Å². The third-order valence-electron chi connectivity index (χ3n) is 4.10. The fourth-order valence-corrected chi connectivity index (χ4v) is 2.51. The summed E-state index contributed by atoms with van der Waals surface area (Å²) in [6, 6.07) is 17.8. The van der Waals surface area contributed by atoms with Crippen molar-refractivity contribution in [3.05, 3.63) is 65.7 Å². The van der Waals surface area contributed by atoms with Crippen LogP contribution in [0.1, 0.15) is 30.4 Å². The van der Waals surface area contributed by atoms with Crippen molar-refractivity contribution in [3.63, 3.8) is 0 Å². The number of Topliss-reactive ketones (excluding diaryl/α,β-unsaturated/α-hetero) is 1. The molecule has 0 saturated heterocycles. The fraction of sp³-hybridized carbons (Fsp3) is 0.286. The van der Waals surface area contributed by atoms with Crippen LogP contribution in [0.4, 0.5) is 0 Å². The molecule has 2 rings (SSSR count). The third-order valence-corrected chi connectivity index (χ3v) is 4.10. The highest BCUT2D eigenvalue weighted by Crippen LogP contribution is 2.18. The number of hydrogen-bond acceptors (Lipinski definition) is 6. The summed E-state index contributed by atoms with van der Waals surface area (Å²) < 4.78 is 5.43. The summed E-state index contributed by atoms with van der Waals surface area (Å²) in [5.41, 5.74) is 7.03. The van der Waals surface area contributed by atoms with Crippen molar-refractivity contribution in [3.8, 4) is 11.8 Å². The highest BCUT2D eigenvalue weighted by atomic mass is 16.5. The SMILES string of the molecule is N#Cc1ccccc1OC(N)C(O)CCCC(=O)C(=O)NCc1ccccc1. The predicted octanol–water partition coefficient (Wildman–Crippen LogP) is 1.64. The Morgan fingerprint density at radius 1 is 1.14 bits per heavy atom. The molecule has 1 amide bonds. The van der Waals surface area contributed by atoms with Gasteiger partial charge in [0.05, 0.1) is 5.56 Å². The number of aliphatic hydroxyl groups is 1. The van der Waals surface area contributed by atoms with E-state index in [9.17, 15) is 14.7 Å². The maximum absolute atomic E-state index is 11.9. The Labute approximate surface area is 163 Å².